The van der Waals surface area contributed by atoms with E-state index in [1.165, 1.54) is 0 Å². The largest absolute Gasteiger partial charge is 0.508 e. The fourth-order valence-electron chi connectivity index (χ4n) is 3.37. The van der Waals surface area contributed by atoms with Crippen molar-refractivity contribution in [3.05, 3.63) is 66.1 Å². The lowest BCUT2D eigenvalue weighted by Gasteiger charge is -2.34. The van der Waals surface area contributed by atoms with Crippen molar-refractivity contribution < 1.29 is 14.6 Å². The van der Waals surface area contributed by atoms with Crippen molar-refractivity contribution in [2.45, 2.75) is 12.6 Å². The summed E-state index contributed by atoms with van der Waals surface area (Å²) >= 11 is 0. The van der Waals surface area contributed by atoms with Crippen LogP contribution in [0.1, 0.15) is 17.4 Å². The van der Waals surface area contributed by atoms with E-state index in [0.29, 0.717) is 25.5 Å². The first-order chi connectivity index (χ1) is 13.2. The minimum atomic E-state index is 0.0188. The van der Waals surface area contributed by atoms with E-state index in [2.05, 4.69) is 14.9 Å². The molecule has 0 aliphatic carbocycles. The maximum atomic E-state index is 10.1. The second kappa shape index (κ2) is 7.82. The Hall–Kier alpha value is -2.83. The average molecular weight is 365 g/mol. The zero-order valence-corrected chi connectivity index (χ0v) is 15.3. The molecule has 1 aliphatic rings. The van der Waals surface area contributed by atoms with Crippen LogP contribution in [0, 0.1) is 0 Å². The zero-order chi connectivity index (χ0) is 18.6. The number of benzene rings is 2. The van der Waals surface area contributed by atoms with Crippen molar-refractivity contribution >= 4 is 0 Å². The molecule has 6 nitrogen and oxygen atoms in total. The third-order valence-corrected chi connectivity index (χ3v) is 4.92. The number of para-hydroxylation sites is 1. The molecule has 1 fully saturated rings. The summed E-state index contributed by atoms with van der Waals surface area (Å²) in [7, 11) is 1.66. The Kier molecular flexibility index (Phi) is 5.09. The molecule has 0 amide bonds. The fourth-order valence-corrected chi connectivity index (χ4v) is 3.37. The van der Waals surface area contributed by atoms with Crippen LogP contribution in [0.5, 0.6) is 11.5 Å². The highest BCUT2D eigenvalue weighted by Crippen LogP contribution is 2.28. The van der Waals surface area contributed by atoms with Crippen LogP contribution in [-0.4, -0.2) is 46.8 Å². The molecule has 1 atom stereocenters. The summed E-state index contributed by atoms with van der Waals surface area (Å²) in [6.45, 7) is 2.69. The van der Waals surface area contributed by atoms with Crippen LogP contribution >= 0.6 is 0 Å². The van der Waals surface area contributed by atoms with E-state index in [-0.39, 0.29) is 6.04 Å². The van der Waals surface area contributed by atoms with Gasteiger partial charge in [-0.2, -0.15) is 0 Å². The van der Waals surface area contributed by atoms with Crippen LogP contribution in [0.2, 0.25) is 0 Å². The first-order valence-corrected chi connectivity index (χ1v) is 9.02. The Labute approximate surface area is 158 Å². The maximum Gasteiger partial charge on any atom is 0.126 e. The molecule has 2 aromatic carbocycles. The van der Waals surface area contributed by atoms with E-state index >= 15 is 0 Å². The second-order valence-corrected chi connectivity index (χ2v) is 6.60. The molecule has 1 aromatic heterocycles. The monoisotopic (exact) mass is 365 g/mol. The van der Waals surface area contributed by atoms with Gasteiger partial charge < -0.3 is 19.6 Å². The van der Waals surface area contributed by atoms with Crippen LogP contribution in [-0.2, 0) is 11.3 Å². The van der Waals surface area contributed by atoms with Gasteiger partial charge in [-0.15, -0.1) is 0 Å². The van der Waals surface area contributed by atoms with Crippen molar-refractivity contribution in [3.63, 3.8) is 0 Å². The van der Waals surface area contributed by atoms with Crippen molar-refractivity contribution in [3.8, 4) is 22.8 Å². The van der Waals surface area contributed by atoms with Crippen molar-refractivity contribution in [2.24, 2.45) is 0 Å². The number of imidazole rings is 1. The SMILES string of the molecule is COc1ccc(-c2cnc([C@@H]3COCCN3Cc3ccccc3O)[nH]2)cc1. The fraction of sp³-hybridized carbons (Fsp3) is 0.286. The maximum absolute atomic E-state index is 10.1. The number of phenolic OH excluding ortho intramolecular Hbond substituents is 1. The molecule has 6 heteroatoms. The standard InChI is InChI=1S/C21H23N3O3/c1-26-17-8-6-15(7-9-17)18-12-22-21(23-18)19-14-27-11-10-24(19)13-16-4-2-3-5-20(16)25/h2-9,12,19,25H,10-11,13-14H2,1H3,(H,22,23)/t19-/m0/s1. The lowest BCUT2D eigenvalue weighted by atomic mass is 10.1. The van der Waals surface area contributed by atoms with Gasteiger partial charge >= 0.3 is 0 Å². The third kappa shape index (κ3) is 3.82. The Morgan fingerprint density at radius 3 is 2.81 bits per heavy atom. The molecule has 140 valence electrons. The Morgan fingerprint density at radius 1 is 1.22 bits per heavy atom. The van der Waals surface area contributed by atoms with Gasteiger partial charge in [0.05, 0.1) is 38.3 Å². The number of hydrogen-bond donors (Lipinski definition) is 2. The summed E-state index contributed by atoms with van der Waals surface area (Å²) < 4.78 is 10.9. The quantitative estimate of drug-likeness (QED) is 0.725. The summed E-state index contributed by atoms with van der Waals surface area (Å²) in [5.74, 6) is 2.02. The van der Waals surface area contributed by atoms with Crippen molar-refractivity contribution in [1.82, 2.24) is 14.9 Å². The lowest BCUT2D eigenvalue weighted by molar-refractivity contribution is -0.0158. The van der Waals surface area contributed by atoms with E-state index in [1.54, 1.807) is 13.2 Å². The van der Waals surface area contributed by atoms with Crippen molar-refractivity contribution in [1.29, 1.82) is 0 Å². The summed E-state index contributed by atoms with van der Waals surface area (Å²) in [6, 6.07) is 15.4. The van der Waals surface area contributed by atoms with Gasteiger partial charge in [-0.05, 0) is 35.9 Å². The van der Waals surface area contributed by atoms with Crippen LogP contribution in [0.25, 0.3) is 11.3 Å². The normalized spacial score (nSPS) is 17.7. The highest BCUT2D eigenvalue weighted by molar-refractivity contribution is 5.59. The molecule has 0 unspecified atom stereocenters. The second-order valence-electron chi connectivity index (χ2n) is 6.60. The molecule has 4 rings (SSSR count). The predicted molar refractivity (Wildman–Crippen MR) is 103 cm³/mol. The van der Waals surface area contributed by atoms with E-state index in [9.17, 15) is 5.11 Å². The van der Waals surface area contributed by atoms with Gasteiger partial charge in [-0.1, -0.05) is 18.2 Å². The topological polar surface area (TPSA) is 70.6 Å². The number of morpholine rings is 1. The number of aromatic nitrogens is 2. The average Bonchev–Trinajstić information content (AvgIpc) is 3.20. The first-order valence-electron chi connectivity index (χ1n) is 9.02. The number of hydrogen-bond acceptors (Lipinski definition) is 5. The van der Waals surface area contributed by atoms with Gasteiger partial charge in [0.25, 0.3) is 0 Å². The predicted octanol–water partition coefficient (Wildman–Crippen LogP) is 3.36. The molecule has 0 radical (unpaired) electrons. The molecule has 1 saturated heterocycles. The van der Waals surface area contributed by atoms with Gasteiger partial charge in [-0.25, -0.2) is 4.98 Å². The summed E-state index contributed by atoms with van der Waals surface area (Å²) in [5.41, 5.74) is 2.92. The molecule has 2 heterocycles. The number of nitrogens with one attached hydrogen (secondary N) is 1. The van der Waals surface area contributed by atoms with E-state index < -0.39 is 0 Å². The number of ether oxygens (including phenoxy) is 2. The summed E-state index contributed by atoms with van der Waals surface area (Å²) in [6.07, 6.45) is 1.85. The number of aromatic amines is 1. The van der Waals surface area contributed by atoms with Crippen LogP contribution < -0.4 is 4.74 Å². The lowest BCUT2D eigenvalue weighted by Crippen LogP contribution is -2.39. The Bertz CT molecular complexity index is 892. The van der Waals surface area contributed by atoms with Crippen LogP contribution in [0.3, 0.4) is 0 Å². The smallest absolute Gasteiger partial charge is 0.126 e. The third-order valence-electron chi connectivity index (χ3n) is 4.92. The zero-order valence-electron chi connectivity index (χ0n) is 15.3. The molecular weight excluding hydrogens is 342 g/mol. The van der Waals surface area contributed by atoms with Gasteiger partial charge in [0.1, 0.15) is 17.3 Å². The summed E-state index contributed by atoms with van der Waals surface area (Å²) in [5, 5.41) is 10.1. The van der Waals surface area contributed by atoms with Crippen LogP contribution in [0.4, 0.5) is 0 Å². The highest BCUT2D eigenvalue weighted by Gasteiger charge is 2.27. The van der Waals surface area contributed by atoms with E-state index in [0.717, 1.165) is 34.9 Å². The highest BCUT2D eigenvalue weighted by atomic mass is 16.5. The Balaban J connectivity index is 1.55. The van der Waals surface area contributed by atoms with Crippen molar-refractivity contribution in [2.75, 3.05) is 26.9 Å². The number of rotatable bonds is 5. The van der Waals surface area contributed by atoms with E-state index in [4.69, 9.17) is 9.47 Å². The number of aromatic hydroxyl groups is 1. The summed E-state index contributed by atoms with van der Waals surface area (Å²) in [4.78, 5) is 10.3. The van der Waals surface area contributed by atoms with Gasteiger partial charge in [0, 0.05) is 18.7 Å². The molecule has 3 aromatic rings. The first kappa shape index (κ1) is 17.6. The molecule has 0 spiro atoms. The number of methoxy groups -OCH3 is 1. The minimum Gasteiger partial charge on any atom is -0.508 e. The van der Waals surface area contributed by atoms with Gasteiger partial charge in [0.15, 0.2) is 0 Å². The number of phenols is 1. The molecule has 0 saturated carbocycles. The van der Waals surface area contributed by atoms with Gasteiger partial charge in [0.2, 0.25) is 0 Å². The molecular formula is C21H23N3O3. The molecule has 0 bridgehead atoms. The number of nitrogens with zero attached hydrogens (tertiary/aromatic N) is 2. The van der Waals surface area contributed by atoms with Gasteiger partial charge in [-0.3, -0.25) is 4.90 Å². The number of H-pyrrole nitrogens is 1. The minimum absolute atomic E-state index is 0.0188. The van der Waals surface area contributed by atoms with E-state index in [1.807, 2.05) is 48.7 Å². The Morgan fingerprint density at radius 2 is 2.04 bits per heavy atom. The molecule has 1 aliphatic heterocycles. The van der Waals surface area contributed by atoms with Crippen LogP contribution in [0.15, 0.2) is 54.7 Å². The molecule has 27 heavy (non-hydrogen) atoms. The molecule has 2 N–H and O–H groups in total.